The molecule has 1 aromatic rings. The lowest BCUT2D eigenvalue weighted by Gasteiger charge is -2.30. The second kappa shape index (κ2) is 5.44. The number of halogens is 2. The highest BCUT2D eigenvalue weighted by atomic mass is 19.3. The van der Waals surface area contributed by atoms with Gasteiger partial charge in [-0.15, -0.1) is 0 Å². The van der Waals surface area contributed by atoms with E-state index in [0.717, 1.165) is 11.8 Å². The summed E-state index contributed by atoms with van der Waals surface area (Å²) in [7, 11) is 0. The minimum absolute atomic E-state index is 0.104. The molecule has 3 rings (SSSR count). The molecule has 0 saturated heterocycles. The first-order valence-corrected chi connectivity index (χ1v) is 7.73. The Morgan fingerprint density at radius 1 is 1.20 bits per heavy atom. The Hall–Kier alpha value is -0.960. The summed E-state index contributed by atoms with van der Waals surface area (Å²) in [6.07, 6.45) is 5.21. The van der Waals surface area contributed by atoms with E-state index in [4.69, 9.17) is 0 Å². The molecule has 0 spiro atoms. The average Bonchev–Trinajstić information content (AvgIpc) is 3.08. The van der Waals surface area contributed by atoms with Crippen LogP contribution in [-0.2, 0) is 5.92 Å². The molecule has 1 N–H and O–H groups in total. The third-order valence-electron chi connectivity index (χ3n) is 5.28. The molecule has 20 heavy (non-hydrogen) atoms. The predicted molar refractivity (Wildman–Crippen MR) is 76.7 cm³/mol. The van der Waals surface area contributed by atoms with Crippen LogP contribution < -0.4 is 5.32 Å². The van der Waals surface area contributed by atoms with Crippen molar-refractivity contribution in [3.05, 3.63) is 35.9 Å². The third-order valence-corrected chi connectivity index (χ3v) is 5.28. The van der Waals surface area contributed by atoms with Crippen molar-refractivity contribution in [2.24, 2.45) is 17.8 Å². The molecule has 2 fully saturated rings. The van der Waals surface area contributed by atoms with Crippen LogP contribution in [0.4, 0.5) is 8.78 Å². The van der Waals surface area contributed by atoms with Crippen LogP contribution in [-0.4, -0.2) is 12.6 Å². The van der Waals surface area contributed by atoms with Gasteiger partial charge in [0.05, 0.1) is 6.54 Å². The summed E-state index contributed by atoms with van der Waals surface area (Å²) in [5.74, 6) is -0.551. The summed E-state index contributed by atoms with van der Waals surface area (Å²) in [6, 6.07) is 8.31. The highest BCUT2D eigenvalue weighted by Gasteiger charge is 2.42. The molecule has 0 amide bonds. The van der Waals surface area contributed by atoms with Crippen LogP contribution in [0.15, 0.2) is 30.3 Å². The number of fused-ring (bicyclic) bond motifs is 2. The fourth-order valence-electron chi connectivity index (χ4n) is 4.13. The minimum Gasteiger partial charge on any atom is -0.308 e. The van der Waals surface area contributed by atoms with Crippen LogP contribution in [0.5, 0.6) is 0 Å². The molecule has 2 saturated carbocycles. The lowest BCUT2D eigenvalue weighted by molar-refractivity contribution is -0.00787. The molecule has 2 bridgehead atoms. The molecule has 2 aliphatic rings. The zero-order valence-electron chi connectivity index (χ0n) is 12.0. The molecular weight excluding hydrogens is 256 g/mol. The van der Waals surface area contributed by atoms with E-state index in [9.17, 15) is 8.78 Å². The van der Waals surface area contributed by atoms with E-state index in [2.05, 4.69) is 12.2 Å². The second-order valence-electron chi connectivity index (χ2n) is 6.58. The fourth-order valence-corrected chi connectivity index (χ4v) is 4.13. The molecule has 0 heterocycles. The number of nitrogens with one attached hydrogen (secondary N) is 1. The highest BCUT2D eigenvalue weighted by Crippen LogP contribution is 2.49. The van der Waals surface area contributed by atoms with Gasteiger partial charge >= 0.3 is 0 Å². The van der Waals surface area contributed by atoms with Gasteiger partial charge in [-0.3, -0.25) is 0 Å². The first-order valence-electron chi connectivity index (χ1n) is 7.73. The Kier molecular flexibility index (Phi) is 3.80. The Balaban J connectivity index is 1.56. The maximum Gasteiger partial charge on any atom is 0.285 e. The minimum atomic E-state index is -2.78. The Labute approximate surface area is 119 Å². The molecule has 0 aromatic heterocycles. The van der Waals surface area contributed by atoms with E-state index in [1.54, 1.807) is 18.2 Å². The zero-order chi connectivity index (χ0) is 14.2. The zero-order valence-corrected chi connectivity index (χ0v) is 12.0. The first-order chi connectivity index (χ1) is 9.56. The van der Waals surface area contributed by atoms with Crippen LogP contribution in [0.2, 0.25) is 0 Å². The van der Waals surface area contributed by atoms with E-state index in [-0.39, 0.29) is 18.2 Å². The number of hydrogen-bond donors (Lipinski definition) is 1. The van der Waals surface area contributed by atoms with Gasteiger partial charge in [-0.1, -0.05) is 36.8 Å². The van der Waals surface area contributed by atoms with Crippen LogP contribution >= 0.6 is 0 Å². The molecule has 3 heteroatoms. The average molecular weight is 279 g/mol. The topological polar surface area (TPSA) is 12.0 Å². The van der Waals surface area contributed by atoms with E-state index in [1.807, 2.05) is 0 Å². The van der Waals surface area contributed by atoms with Crippen LogP contribution in [0, 0.1) is 17.8 Å². The normalized spacial score (nSPS) is 30.6. The van der Waals surface area contributed by atoms with Crippen molar-refractivity contribution in [1.82, 2.24) is 5.32 Å². The van der Waals surface area contributed by atoms with E-state index in [1.165, 1.54) is 37.8 Å². The van der Waals surface area contributed by atoms with Crippen molar-refractivity contribution in [3.63, 3.8) is 0 Å². The van der Waals surface area contributed by atoms with E-state index >= 15 is 0 Å². The summed E-state index contributed by atoms with van der Waals surface area (Å²) >= 11 is 0. The summed E-state index contributed by atoms with van der Waals surface area (Å²) < 4.78 is 28.3. The summed E-state index contributed by atoms with van der Waals surface area (Å²) in [5, 5.41) is 3.10. The monoisotopic (exact) mass is 279 g/mol. The van der Waals surface area contributed by atoms with E-state index in [0.29, 0.717) is 5.92 Å². The quantitative estimate of drug-likeness (QED) is 0.852. The Morgan fingerprint density at radius 3 is 2.55 bits per heavy atom. The van der Waals surface area contributed by atoms with Crippen LogP contribution in [0.1, 0.15) is 38.2 Å². The third kappa shape index (κ3) is 2.73. The summed E-state index contributed by atoms with van der Waals surface area (Å²) in [6.45, 7) is 1.82. The molecule has 1 aromatic carbocycles. The van der Waals surface area contributed by atoms with Gasteiger partial charge in [0.2, 0.25) is 0 Å². The molecule has 2 aliphatic carbocycles. The standard InChI is InChI=1S/C17H23F2N/c1-12(16-10-13-7-8-14(16)9-13)20-11-17(18,19)15-5-3-2-4-6-15/h2-6,12-14,16,20H,7-11H2,1H3. The van der Waals surface area contributed by atoms with Crippen LogP contribution in [0.3, 0.4) is 0 Å². The fraction of sp³-hybridized carbons (Fsp3) is 0.647. The molecule has 0 aliphatic heterocycles. The Bertz CT molecular complexity index is 446. The maximum atomic E-state index is 14.1. The van der Waals surface area contributed by atoms with Crippen molar-refractivity contribution < 1.29 is 8.78 Å². The smallest absolute Gasteiger partial charge is 0.285 e. The van der Waals surface area contributed by atoms with Gasteiger partial charge in [0, 0.05) is 11.6 Å². The van der Waals surface area contributed by atoms with Crippen molar-refractivity contribution >= 4 is 0 Å². The first kappa shape index (κ1) is 14.0. The number of alkyl halides is 2. The van der Waals surface area contributed by atoms with E-state index < -0.39 is 5.92 Å². The van der Waals surface area contributed by atoms with Gasteiger partial charge in [0.15, 0.2) is 0 Å². The SMILES string of the molecule is CC(NCC(F)(F)c1ccccc1)C1CC2CCC1C2. The summed E-state index contributed by atoms with van der Waals surface area (Å²) in [4.78, 5) is 0. The number of hydrogen-bond acceptors (Lipinski definition) is 1. The molecule has 4 atom stereocenters. The van der Waals surface area contributed by atoms with Gasteiger partial charge in [0.25, 0.3) is 5.92 Å². The maximum absolute atomic E-state index is 14.1. The van der Waals surface area contributed by atoms with Crippen molar-refractivity contribution in [3.8, 4) is 0 Å². The van der Waals surface area contributed by atoms with Gasteiger partial charge in [-0.2, -0.15) is 8.78 Å². The molecular formula is C17H23F2N. The molecule has 4 unspecified atom stereocenters. The second-order valence-corrected chi connectivity index (χ2v) is 6.58. The van der Waals surface area contributed by atoms with Crippen molar-refractivity contribution in [1.29, 1.82) is 0 Å². The van der Waals surface area contributed by atoms with Gasteiger partial charge in [0.1, 0.15) is 0 Å². The molecule has 1 nitrogen and oxygen atoms in total. The van der Waals surface area contributed by atoms with Gasteiger partial charge in [-0.05, 0) is 43.9 Å². The predicted octanol–water partition coefficient (Wildman–Crippen LogP) is 4.19. The Morgan fingerprint density at radius 2 is 1.95 bits per heavy atom. The number of benzene rings is 1. The molecule has 0 radical (unpaired) electrons. The highest BCUT2D eigenvalue weighted by molar-refractivity contribution is 5.20. The largest absolute Gasteiger partial charge is 0.308 e. The van der Waals surface area contributed by atoms with Crippen molar-refractivity contribution in [2.45, 2.75) is 44.6 Å². The lowest BCUT2D eigenvalue weighted by atomic mass is 9.84. The number of rotatable bonds is 5. The molecule has 110 valence electrons. The van der Waals surface area contributed by atoms with Crippen molar-refractivity contribution in [2.75, 3.05) is 6.54 Å². The summed E-state index contributed by atoms with van der Waals surface area (Å²) in [5.41, 5.74) is 0.104. The van der Waals surface area contributed by atoms with Gasteiger partial charge < -0.3 is 5.32 Å². The van der Waals surface area contributed by atoms with Gasteiger partial charge in [-0.25, -0.2) is 0 Å². The lowest BCUT2D eigenvalue weighted by Crippen LogP contribution is -2.41. The van der Waals surface area contributed by atoms with Crippen LogP contribution in [0.25, 0.3) is 0 Å².